The highest BCUT2D eigenvalue weighted by atomic mass is 32.2. The number of hydrogen-bond acceptors (Lipinski definition) is 5. The molecule has 2 heterocycles. The number of imidazole rings is 1. The molecule has 0 fully saturated rings. The number of para-hydroxylation sites is 1. The topological polar surface area (TPSA) is 93.5 Å². The van der Waals surface area contributed by atoms with E-state index in [1.807, 2.05) is 6.92 Å². The van der Waals surface area contributed by atoms with Crippen LogP contribution in [-0.2, 0) is 9.84 Å². The standard InChI is InChI=1S/C12H13N5O2S/c1-8(17-7-13-6-14-17)12-15-9-4-3-5-10(11(9)16-12)20(2,18)19/h3-8H,1-2H3,(H,15,16). The highest BCUT2D eigenvalue weighted by Gasteiger charge is 2.18. The molecular formula is C12H13N5O2S. The highest BCUT2D eigenvalue weighted by molar-refractivity contribution is 7.91. The van der Waals surface area contributed by atoms with Crippen molar-refractivity contribution in [2.24, 2.45) is 0 Å². The summed E-state index contributed by atoms with van der Waals surface area (Å²) < 4.78 is 25.2. The van der Waals surface area contributed by atoms with E-state index in [0.717, 1.165) is 0 Å². The van der Waals surface area contributed by atoms with Crippen LogP contribution in [0.25, 0.3) is 11.0 Å². The van der Waals surface area contributed by atoms with Gasteiger partial charge in [0.05, 0.1) is 10.4 Å². The molecule has 3 rings (SSSR count). The largest absolute Gasteiger partial charge is 0.340 e. The van der Waals surface area contributed by atoms with Crippen molar-refractivity contribution in [3.63, 3.8) is 0 Å². The van der Waals surface area contributed by atoms with Crippen LogP contribution in [0.1, 0.15) is 18.8 Å². The van der Waals surface area contributed by atoms with Crippen LogP contribution in [0.5, 0.6) is 0 Å². The summed E-state index contributed by atoms with van der Waals surface area (Å²) in [6, 6.07) is 4.90. The van der Waals surface area contributed by atoms with Gasteiger partial charge in [-0.1, -0.05) is 6.07 Å². The number of aromatic amines is 1. The molecule has 3 aromatic rings. The van der Waals surface area contributed by atoms with Crippen LogP contribution in [-0.4, -0.2) is 39.4 Å². The van der Waals surface area contributed by atoms with Gasteiger partial charge in [-0.05, 0) is 19.1 Å². The molecule has 1 N–H and O–H groups in total. The first kappa shape index (κ1) is 12.8. The second kappa shape index (κ2) is 4.41. The van der Waals surface area contributed by atoms with Gasteiger partial charge >= 0.3 is 0 Å². The molecule has 104 valence electrons. The Hall–Kier alpha value is -2.22. The lowest BCUT2D eigenvalue weighted by atomic mass is 10.3. The normalized spacial score (nSPS) is 13.7. The molecule has 0 aliphatic carbocycles. The molecule has 0 bridgehead atoms. The van der Waals surface area contributed by atoms with E-state index in [-0.39, 0.29) is 10.9 Å². The molecule has 1 unspecified atom stereocenters. The molecule has 0 saturated heterocycles. The number of nitrogens with zero attached hydrogens (tertiary/aromatic N) is 4. The predicted molar refractivity (Wildman–Crippen MR) is 73.0 cm³/mol. The molecule has 2 aromatic heterocycles. The van der Waals surface area contributed by atoms with Crippen molar-refractivity contribution in [2.75, 3.05) is 6.26 Å². The second-order valence-electron chi connectivity index (χ2n) is 4.60. The number of hydrogen-bond donors (Lipinski definition) is 1. The minimum absolute atomic E-state index is 0.155. The van der Waals surface area contributed by atoms with Gasteiger partial charge in [0.25, 0.3) is 0 Å². The quantitative estimate of drug-likeness (QED) is 0.781. The van der Waals surface area contributed by atoms with E-state index in [1.54, 1.807) is 29.2 Å². The molecule has 7 nitrogen and oxygen atoms in total. The monoisotopic (exact) mass is 291 g/mol. The van der Waals surface area contributed by atoms with Crippen LogP contribution in [0.2, 0.25) is 0 Å². The van der Waals surface area contributed by atoms with E-state index in [2.05, 4.69) is 20.1 Å². The van der Waals surface area contributed by atoms with Crippen molar-refractivity contribution in [1.82, 2.24) is 24.7 Å². The number of rotatable bonds is 3. The lowest BCUT2D eigenvalue weighted by molar-refractivity contribution is 0.540. The molecule has 20 heavy (non-hydrogen) atoms. The molecule has 0 spiro atoms. The summed E-state index contributed by atoms with van der Waals surface area (Å²) >= 11 is 0. The van der Waals surface area contributed by atoms with Gasteiger partial charge in [0.15, 0.2) is 9.84 Å². The molecule has 0 aliphatic rings. The van der Waals surface area contributed by atoms with E-state index >= 15 is 0 Å². The van der Waals surface area contributed by atoms with Crippen LogP contribution < -0.4 is 0 Å². The number of aromatic nitrogens is 5. The fourth-order valence-electron chi connectivity index (χ4n) is 2.06. The van der Waals surface area contributed by atoms with Gasteiger partial charge in [-0.3, -0.25) is 0 Å². The van der Waals surface area contributed by atoms with Crippen LogP contribution in [0.3, 0.4) is 0 Å². The zero-order valence-corrected chi connectivity index (χ0v) is 11.8. The van der Waals surface area contributed by atoms with Crippen LogP contribution in [0.4, 0.5) is 0 Å². The average molecular weight is 291 g/mol. The average Bonchev–Trinajstić information content (AvgIpc) is 3.05. The second-order valence-corrected chi connectivity index (χ2v) is 6.58. The number of sulfone groups is 1. The van der Waals surface area contributed by atoms with Gasteiger partial charge in [-0.25, -0.2) is 23.1 Å². The summed E-state index contributed by atoms with van der Waals surface area (Å²) in [4.78, 5) is 11.7. The van der Waals surface area contributed by atoms with Crippen molar-refractivity contribution in [3.05, 3.63) is 36.7 Å². The first-order chi connectivity index (χ1) is 9.47. The van der Waals surface area contributed by atoms with E-state index in [0.29, 0.717) is 16.9 Å². The third-order valence-electron chi connectivity index (χ3n) is 3.12. The lowest BCUT2D eigenvalue weighted by Crippen LogP contribution is -2.08. The molecule has 0 amide bonds. The zero-order chi connectivity index (χ0) is 14.3. The van der Waals surface area contributed by atoms with Crippen molar-refractivity contribution in [1.29, 1.82) is 0 Å². The fraction of sp³-hybridized carbons (Fsp3) is 0.250. The van der Waals surface area contributed by atoms with E-state index in [9.17, 15) is 8.42 Å². The Bertz CT molecular complexity index is 851. The Morgan fingerprint density at radius 3 is 2.80 bits per heavy atom. The first-order valence-corrected chi connectivity index (χ1v) is 7.89. The minimum atomic E-state index is -3.31. The predicted octanol–water partition coefficient (Wildman–Crippen LogP) is 1.17. The summed E-state index contributed by atoms with van der Waals surface area (Å²) in [5.41, 5.74) is 1.15. The van der Waals surface area contributed by atoms with Gasteiger partial charge in [-0.2, -0.15) is 5.10 Å². The Balaban J connectivity index is 2.17. The minimum Gasteiger partial charge on any atom is -0.340 e. The molecule has 1 aromatic carbocycles. The van der Waals surface area contributed by atoms with Gasteiger partial charge < -0.3 is 4.98 Å². The van der Waals surface area contributed by atoms with Gasteiger partial charge in [0.1, 0.15) is 30.0 Å². The van der Waals surface area contributed by atoms with E-state index in [1.165, 1.54) is 12.6 Å². The van der Waals surface area contributed by atoms with Crippen molar-refractivity contribution in [3.8, 4) is 0 Å². The Labute approximate surface area is 115 Å². The van der Waals surface area contributed by atoms with Crippen molar-refractivity contribution >= 4 is 20.9 Å². The lowest BCUT2D eigenvalue weighted by Gasteiger charge is -2.07. The third-order valence-corrected chi connectivity index (χ3v) is 4.25. The number of benzene rings is 1. The molecule has 1 atom stereocenters. The summed E-state index contributed by atoms with van der Waals surface area (Å²) in [6.45, 7) is 1.91. The Morgan fingerprint density at radius 1 is 1.35 bits per heavy atom. The number of fused-ring (bicyclic) bond motifs is 1. The van der Waals surface area contributed by atoms with Gasteiger partial charge in [0, 0.05) is 6.26 Å². The van der Waals surface area contributed by atoms with E-state index in [4.69, 9.17) is 0 Å². The Morgan fingerprint density at radius 2 is 2.15 bits per heavy atom. The molecular weight excluding hydrogens is 278 g/mol. The van der Waals surface area contributed by atoms with Gasteiger partial charge in [0.2, 0.25) is 0 Å². The number of H-pyrrole nitrogens is 1. The van der Waals surface area contributed by atoms with Crippen LogP contribution in [0, 0.1) is 0 Å². The summed E-state index contributed by atoms with van der Waals surface area (Å²) in [5, 5.41) is 4.06. The highest BCUT2D eigenvalue weighted by Crippen LogP contribution is 2.24. The maximum Gasteiger partial charge on any atom is 0.177 e. The van der Waals surface area contributed by atoms with Gasteiger partial charge in [-0.15, -0.1) is 0 Å². The molecule has 0 saturated carbocycles. The fourth-order valence-corrected chi connectivity index (χ4v) is 2.90. The zero-order valence-electron chi connectivity index (χ0n) is 11.0. The molecule has 0 aliphatic heterocycles. The third kappa shape index (κ3) is 2.07. The van der Waals surface area contributed by atoms with Crippen LogP contribution >= 0.6 is 0 Å². The smallest absolute Gasteiger partial charge is 0.177 e. The molecule has 8 heteroatoms. The summed E-state index contributed by atoms with van der Waals surface area (Å²) in [7, 11) is -3.31. The summed E-state index contributed by atoms with van der Waals surface area (Å²) in [6.07, 6.45) is 4.22. The summed E-state index contributed by atoms with van der Waals surface area (Å²) in [5.74, 6) is 0.640. The Kier molecular flexibility index (Phi) is 2.82. The SMILES string of the molecule is CC(c1nc2c(S(C)(=O)=O)cccc2[nH]1)n1cncn1. The maximum atomic E-state index is 11.8. The number of nitrogens with one attached hydrogen (secondary N) is 1. The van der Waals surface area contributed by atoms with Crippen molar-refractivity contribution in [2.45, 2.75) is 17.9 Å². The maximum absolute atomic E-state index is 11.8. The first-order valence-electron chi connectivity index (χ1n) is 5.99. The van der Waals surface area contributed by atoms with Crippen LogP contribution in [0.15, 0.2) is 35.7 Å². The van der Waals surface area contributed by atoms with Crippen molar-refractivity contribution < 1.29 is 8.42 Å². The van der Waals surface area contributed by atoms with E-state index < -0.39 is 9.84 Å². The molecule has 0 radical (unpaired) electrons.